The van der Waals surface area contributed by atoms with Crippen molar-refractivity contribution in [2.24, 2.45) is 11.8 Å². The lowest BCUT2D eigenvalue weighted by Gasteiger charge is -2.38. The van der Waals surface area contributed by atoms with Gasteiger partial charge in [-0.15, -0.1) is 0 Å². The van der Waals surface area contributed by atoms with E-state index >= 15 is 0 Å². The lowest BCUT2D eigenvalue weighted by molar-refractivity contribution is 0.0618. The van der Waals surface area contributed by atoms with Crippen molar-refractivity contribution in [3.63, 3.8) is 0 Å². The van der Waals surface area contributed by atoms with Crippen LogP contribution in [0.15, 0.2) is 18.3 Å². The molecule has 1 aromatic rings. The van der Waals surface area contributed by atoms with Gasteiger partial charge in [-0.25, -0.2) is 4.98 Å². The summed E-state index contributed by atoms with van der Waals surface area (Å²) in [6, 6.07) is 3.61. The van der Waals surface area contributed by atoms with E-state index in [0.717, 1.165) is 32.0 Å². The summed E-state index contributed by atoms with van der Waals surface area (Å²) in [5.74, 6) is 1.93. The molecule has 3 heterocycles. The van der Waals surface area contributed by atoms with Gasteiger partial charge in [0.05, 0.1) is 7.11 Å². The normalized spacial score (nSPS) is 23.2. The van der Waals surface area contributed by atoms with Gasteiger partial charge in [-0.05, 0) is 62.7 Å². The fraction of sp³-hybridized carbons (Fsp3) is 0.684. The number of ether oxygens (including phenoxy) is 1. The average molecular weight is 331 g/mol. The maximum Gasteiger partial charge on any atom is 0.259 e. The van der Waals surface area contributed by atoms with Gasteiger partial charge in [0, 0.05) is 25.8 Å². The summed E-state index contributed by atoms with van der Waals surface area (Å²) in [6.07, 6.45) is 6.58. The minimum absolute atomic E-state index is 0.0527. The Morgan fingerprint density at radius 2 is 2.08 bits per heavy atom. The SMILES string of the molecule is COc1ncccc1C(=O)N1CCCC(CN2CCC(C)CC2)C1. The number of carbonyl (C=O) groups is 1. The Balaban J connectivity index is 1.59. The largest absolute Gasteiger partial charge is 0.480 e. The zero-order chi connectivity index (χ0) is 16.9. The number of aromatic nitrogens is 1. The number of methoxy groups -OCH3 is 1. The molecule has 2 fully saturated rings. The number of pyridine rings is 1. The van der Waals surface area contributed by atoms with Crippen LogP contribution in [0.5, 0.6) is 5.88 Å². The van der Waals surface area contributed by atoms with Gasteiger partial charge in [0.1, 0.15) is 5.56 Å². The molecule has 24 heavy (non-hydrogen) atoms. The molecule has 0 aliphatic carbocycles. The lowest BCUT2D eigenvalue weighted by Crippen LogP contribution is -2.45. The Kier molecular flexibility index (Phi) is 5.72. The summed E-state index contributed by atoms with van der Waals surface area (Å²) in [4.78, 5) is 21.6. The van der Waals surface area contributed by atoms with E-state index in [1.165, 1.54) is 32.4 Å². The van der Waals surface area contributed by atoms with E-state index in [4.69, 9.17) is 4.74 Å². The van der Waals surface area contributed by atoms with Crippen LogP contribution in [0.4, 0.5) is 0 Å². The van der Waals surface area contributed by atoms with E-state index in [1.807, 2.05) is 11.0 Å². The van der Waals surface area contributed by atoms with Gasteiger partial charge in [-0.3, -0.25) is 4.79 Å². The fourth-order valence-electron chi connectivity index (χ4n) is 3.89. The summed E-state index contributed by atoms with van der Waals surface area (Å²) in [7, 11) is 1.56. The van der Waals surface area contributed by atoms with E-state index in [2.05, 4.69) is 16.8 Å². The highest BCUT2D eigenvalue weighted by Crippen LogP contribution is 2.24. The molecule has 132 valence electrons. The van der Waals surface area contributed by atoms with Crippen LogP contribution in [0.2, 0.25) is 0 Å². The number of rotatable bonds is 4. The van der Waals surface area contributed by atoms with Gasteiger partial charge in [0.15, 0.2) is 0 Å². The van der Waals surface area contributed by atoms with E-state index in [-0.39, 0.29) is 5.91 Å². The molecule has 1 unspecified atom stereocenters. The molecule has 0 radical (unpaired) electrons. The number of carbonyl (C=O) groups excluding carboxylic acids is 1. The number of amides is 1. The van der Waals surface area contributed by atoms with Gasteiger partial charge in [-0.2, -0.15) is 0 Å². The molecule has 1 amide bonds. The van der Waals surface area contributed by atoms with Crippen LogP contribution >= 0.6 is 0 Å². The zero-order valence-electron chi connectivity index (χ0n) is 14.9. The van der Waals surface area contributed by atoms with Crippen molar-refractivity contribution in [2.75, 3.05) is 39.8 Å². The van der Waals surface area contributed by atoms with E-state index in [1.54, 1.807) is 19.4 Å². The molecule has 1 atom stereocenters. The highest BCUT2D eigenvalue weighted by molar-refractivity contribution is 5.96. The monoisotopic (exact) mass is 331 g/mol. The molecule has 0 spiro atoms. The predicted molar refractivity (Wildman–Crippen MR) is 94.3 cm³/mol. The average Bonchev–Trinajstić information content (AvgIpc) is 2.63. The summed E-state index contributed by atoms with van der Waals surface area (Å²) in [5.41, 5.74) is 0.576. The number of piperidine rings is 2. The number of hydrogen-bond donors (Lipinski definition) is 0. The number of hydrogen-bond acceptors (Lipinski definition) is 4. The van der Waals surface area contributed by atoms with Crippen molar-refractivity contribution >= 4 is 5.91 Å². The lowest BCUT2D eigenvalue weighted by atomic mass is 9.94. The van der Waals surface area contributed by atoms with E-state index < -0.39 is 0 Å². The Morgan fingerprint density at radius 3 is 2.83 bits per heavy atom. The summed E-state index contributed by atoms with van der Waals surface area (Å²) in [5, 5.41) is 0. The van der Waals surface area contributed by atoms with E-state index in [9.17, 15) is 4.79 Å². The standard InChI is InChI=1S/C19H29N3O2/c1-15-7-11-21(12-8-15)13-16-5-4-10-22(14-16)19(23)17-6-3-9-20-18(17)24-2/h3,6,9,15-16H,4-5,7-8,10-14H2,1-2H3. The van der Waals surface area contributed by atoms with Crippen molar-refractivity contribution in [3.8, 4) is 5.88 Å². The highest BCUT2D eigenvalue weighted by atomic mass is 16.5. The Morgan fingerprint density at radius 1 is 1.29 bits per heavy atom. The Bertz CT molecular complexity index is 555. The molecule has 3 rings (SSSR count). The van der Waals surface area contributed by atoms with Crippen LogP contribution in [0.25, 0.3) is 0 Å². The molecule has 2 aliphatic rings. The molecule has 0 N–H and O–H groups in total. The predicted octanol–water partition coefficient (Wildman–Crippen LogP) is 2.67. The van der Waals surface area contributed by atoms with Crippen LogP contribution in [-0.4, -0.2) is 60.5 Å². The molecular weight excluding hydrogens is 302 g/mol. The highest BCUT2D eigenvalue weighted by Gasteiger charge is 2.28. The molecule has 0 aromatic carbocycles. The van der Waals surface area contributed by atoms with Crippen LogP contribution in [0.3, 0.4) is 0 Å². The van der Waals surface area contributed by atoms with Crippen molar-refractivity contribution < 1.29 is 9.53 Å². The first kappa shape index (κ1) is 17.2. The Hall–Kier alpha value is -1.62. The van der Waals surface area contributed by atoms with Crippen LogP contribution in [0.1, 0.15) is 43.0 Å². The third-order valence-electron chi connectivity index (χ3n) is 5.39. The second kappa shape index (κ2) is 7.97. The molecule has 0 saturated carbocycles. The summed E-state index contributed by atoms with van der Waals surface area (Å²) < 4.78 is 5.25. The van der Waals surface area contributed by atoms with Crippen LogP contribution < -0.4 is 4.74 Å². The second-order valence-corrected chi connectivity index (χ2v) is 7.30. The number of nitrogens with zero attached hydrogens (tertiary/aromatic N) is 3. The topological polar surface area (TPSA) is 45.7 Å². The molecule has 5 heteroatoms. The maximum atomic E-state index is 12.9. The van der Waals surface area contributed by atoms with Crippen LogP contribution in [-0.2, 0) is 0 Å². The third-order valence-corrected chi connectivity index (χ3v) is 5.39. The summed E-state index contributed by atoms with van der Waals surface area (Å²) in [6.45, 7) is 7.58. The molecule has 5 nitrogen and oxygen atoms in total. The second-order valence-electron chi connectivity index (χ2n) is 7.30. The Labute approximate surface area is 145 Å². The van der Waals surface area contributed by atoms with Crippen molar-refractivity contribution in [1.29, 1.82) is 0 Å². The zero-order valence-corrected chi connectivity index (χ0v) is 14.9. The minimum Gasteiger partial charge on any atom is -0.480 e. The van der Waals surface area contributed by atoms with Gasteiger partial charge in [-0.1, -0.05) is 6.92 Å². The van der Waals surface area contributed by atoms with E-state index in [0.29, 0.717) is 17.4 Å². The van der Waals surface area contributed by atoms with Crippen molar-refractivity contribution in [1.82, 2.24) is 14.8 Å². The quantitative estimate of drug-likeness (QED) is 0.851. The molecule has 0 bridgehead atoms. The first-order valence-electron chi connectivity index (χ1n) is 9.18. The third kappa shape index (κ3) is 4.07. The van der Waals surface area contributed by atoms with Crippen molar-refractivity contribution in [2.45, 2.75) is 32.6 Å². The van der Waals surface area contributed by atoms with Crippen molar-refractivity contribution in [3.05, 3.63) is 23.9 Å². The molecule has 2 aliphatic heterocycles. The molecule has 2 saturated heterocycles. The first-order valence-corrected chi connectivity index (χ1v) is 9.18. The number of likely N-dealkylation sites (tertiary alicyclic amines) is 2. The van der Waals surface area contributed by atoms with Gasteiger partial charge in [0.2, 0.25) is 5.88 Å². The van der Waals surface area contributed by atoms with Gasteiger partial charge >= 0.3 is 0 Å². The van der Waals surface area contributed by atoms with Crippen LogP contribution in [0, 0.1) is 11.8 Å². The molecule has 1 aromatic heterocycles. The minimum atomic E-state index is 0.0527. The fourth-order valence-corrected chi connectivity index (χ4v) is 3.89. The first-order chi connectivity index (χ1) is 11.7. The molecular formula is C19H29N3O2. The smallest absolute Gasteiger partial charge is 0.259 e. The maximum absolute atomic E-state index is 12.9. The van der Waals surface area contributed by atoms with Gasteiger partial charge < -0.3 is 14.5 Å². The summed E-state index contributed by atoms with van der Waals surface area (Å²) >= 11 is 0. The van der Waals surface area contributed by atoms with Gasteiger partial charge in [0.25, 0.3) is 5.91 Å².